The Morgan fingerprint density at radius 2 is 1.54 bits per heavy atom. The maximum atomic E-state index is 2.51. The number of hydrogen-bond acceptors (Lipinski definition) is 1. The predicted molar refractivity (Wildman–Crippen MR) is 111 cm³/mol. The third-order valence-corrected chi connectivity index (χ3v) is 6.51. The largest absolute Gasteiger partial charge is 0.232 e. The number of aryl methyl sites for hydroxylation is 2. The lowest BCUT2D eigenvalue weighted by molar-refractivity contribution is -0.580. The van der Waals surface area contributed by atoms with E-state index in [2.05, 4.69) is 80.2 Å². The molecule has 0 unspecified atom stereocenters. The van der Waals surface area contributed by atoms with Gasteiger partial charge in [0.25, 0.3) is 0 Å². The molecule has 1 heterocycles. The summed E-state index contributed by atoms with van der Waals surface area (Å²) in [6.07, 6.45) is 3.61. The van der Waals surface area contributed by atoms with Crippen LogP contribution in [0.1, 0.15) is 67.5 Å². The highest BCUT2D eigenvalue weighted by Crippen LogP contribution is 2.36. The maximum absolute atomic E-state index is 2.51. The minimum absolute atomic E-state index is 0.507. The Morgan fingerprint density at radius 3 is 2.23 bits per heavy atom. The minimum Gasteiger partial charge on any atom is -0.149 e. The molecule has 1 nitrogen and oxygen atoms in total. The minimum atomic E-state index is 0.507. The van der Waals surface area contributed by atoms with Gasteiger partial charge in [-0.15, -0.1) is 4.57 Å². The van der Waals surface area contributed by atoms with Crippen LogP contribution in [0.5, 0.6) is 0 Å². The number of hydrogen-bond donors (Lipinski definition) is 0. The summed E-state index contributed by atoms with van der Waals surface area (Å²) in [6.45, 7) is 9.23. The SMILES string of the molecule is CC(C)c1cccc(C(C)C)c1-[n+]1csc2c1-c1ccccc1CCC2. The fraction of sp³-hybridized carbons (Fsp3) is 0.375. The van der Waals surface area contributed by atoms with Crippen molar-refractivity contribution in [2.75, 3.05) is 0 Å². The van der Waals surface area contributed by atoms with Crippen molar-refractivity contribution < 1.29 is 4.57 Å². The Morgan fingerprint density at radius 1 is 0.846 bits per heavy atom. The van der Waals surface area contributed by atoms with Gasteiger partial charge in [-0.05, 0) is 42.7 Å². The molecule has 1 aromatic heterocycles. The fourth-order valence-corrected chi connectivity index (χ4v) is 5.21. The Balaban J connectivity index is 2.04. The first-order chi connectivity index (χ1) is 12.6. The topological polar surface area (TPSA) is 3.88 Å². The average molecular weight is 363 g/mol. The highest BCUT2D eigenvalue weighted by atomic mass is 32.1. The molecule has 26 heavy (non-hydrogen) atoms. The first-order valence-electron chi connectivity index (χ1n) is 9.81. The fourth-order valence-electron chi connectivity index (χ4n) is 4.18. The molecular formula is C24H28NS+. The number of aromatic nitrogens is 1. The number of benzene rings is 2. The molecule has 0 saturated heterocycles. The lowest BCUT2D eigenvalue weighted by Crippen LogP contribution is -2.34. The van der Waals surface area contributed by atoms with Crippen LogP contribution in [0.15, 0.2) is 48.0 Å². The molecule has 1 aliphatic rings. The van der Waals surface area contributed by atoms with Crippen LogP contribution in [0.25, 0.3) is 16.9 Å². The normalized spacial score (nSPS) is 13.6. The van der Waals surface area contributed by atoms with Crippen LogP contribution in [0.3, 0.4) is 0 Å². The van der Waals surface area contributed by atoms with E-state index in [1.165, 1.54) is 57.8 Å². The molecule has 3 aromatic rings. The van der Waals surface area contributed by atoms with E-state index in [-0.39, 0.29) is 0 Å². The van der Waals surface area contributed by atoms with E-state index >= 15 is 0 Å². The zero-order chi connectivity index (χ0) is 18.3. The summed E-state index contributed by atoms with van der Waals surface area (Å²) in [5.41, 5.74) is 11.0. The summed E-state index contributed by atoms with van der Waals surface area (Å²) in [5, 5.41) is 0. The van der Waals surface area contributed by atoms with Crippen LogP contribution in [-0.2, 0) is 12.8 Å². The van der Waals surface area contributed by atoms with Crippen molar-refractivity contribution in [3.05, 3.63) is 69.5 Å². The molecule has 1 aliphatic carbocycles. The second-order valence-electron chi connectivity index (χ2n) is 7.97. The number of rotatable bonds is 3. The van der Waals surface area contributed by atoms with Gasteiger partial charge < -0.3 is 0 Å². The van der Waals surface area contributed by atoms with Crippen LogP contribution >= 0.6 is 11.3 Å². The quantitative estimate of drug-likeness (QED) is 0.473. The highest BCUT2D eigenvalue weighted by molar-refractivity contribution is 7.09. The van der Waals surface area contributed by atoms with Gasteiger partial charge in [0.15, 0.2) is 0 Å². The molecule has 0 spiro atoms. The van der Waals surface area contributed by atoms with Gasteiger partial charge in [-0.1, -0.05) is 75.4 Å². The first kappa shape index (κ1) is 17.5. The van der Waals surface area contributed by atoms with E-state index in [4.69, 9.17) is 0 Å². The Hall–Kier alpha value is -1.93. The summed E-state index contributed by atoms with van der Waals surface area (Å²) >= 11 is 1.93. The standard InChI is InChI=1S/C24H28NS/c1-16(2)19-12-8-13-20(17(3)4)23(19)25-15-26-22-14-7-10-18-9-5-6-11-21(18)24(22)25/h5-6,8-9,11-13,15-17H,7,10,14H2,1-4H3/q+1. The van der Waals surface area contributed by atoms with E-state index in [0.717, 1.165) is 0 Å². The Labute approximate surface area is 161 Å². The third-order valence-electron chi connectivity index (χ3n) is 5.51. The monoisotopic (exact) mass is 362 g/mol. The zero-order valence-electron chi connectivity index (χ0n) is 16.3. The number of nitrogens with zero attached hydrogens (tertiary/aromatic N) is 1. The van der Waals surface area contributed by atoms with E-state index in [1.807, 2.05) is 11.3 Å². The molecule has 2 heteroatoms. The van der Waals surface area contributed by atoms with Gasteiger partial charge in [-0.3, -0.25) is 0 Å². The maximum Gasteiger partial charge on any atom is 0.232 e. The van der Waals surface area contributed by atoms with Crippen molar-refractivity contribution in [2.45, 2.75) is 58.8 Å². The molecule has 0 saturated carbocycles. The van der Waals surface area contributed by atoms with Crippen molar-refractivity contribution in [3.8, 4) is 16.9 Å². The van der Waals surface area contributed by atoms with Crippen LogP contribution < -0.4 is 4.57 Å². The van der Waals surface area contributed by atoms with Gasteiger partial charge in [-0.2, -0.15) is 0 Å². The van der Waals surface area contributed by atoms with Crippen LogP contribution in [0, 0.1) is 0 Å². The molecule has 0 N–H and O–H groups in total. The second-order valence-corrected chi connectivity index (χ2v) is 8.91. The van der Waals surface area contributed by atoms with Gasteiger partial charge in [0, 0.05) is 11.1 Å². The molecular weight excluding hydrogens is 334 g/mol. The lowest BCUT2D eigenvalue weighted by atomic mass is 9.92. The molecule has 4 rings (SSSR count). The molecule has 0 fully saturated rings. The van der Waals surface area contributed by atoms with Crippen LogP contribution in [0.4, 0.5) is 0 Å². The smallest absolute Gasteiger partial charge is 0.149 e. The van der Waals surface area contributed by atoms with E-state index in [0.29, 0.717) is 11.8 Å². The molecule has 0 radical (unpaired) electrons. The van der Waals surface area contributed by atoms with Gasteiger partial charge in [0.1, 0.15) is 0 Å². The summed E-state index contributed by atoms with van der Waals surface area (Å²) in [7, 11) is 0. The summed E-state index contributed by atoms with van der Waals surface area (Å²) in [6, 6.07) is 15.8. The summed E-state index contributed by atoms with van der Waals surface area (Å²) in [4.78, 5) is 1.53. The molecule has 0 bridgehead atoms. The van der Waals surface area contributed by atoms with Crippen molar-refractivity contribution in [2.24, 2.45) is 0 Å². The van der Waals surface area contributed by atoms with Gasteiger partial charge in [-0.25, -0.2) is 0 Å². The Kier molecular flexibility index (Phi) is 4.71. The average Bonchev–Trinajstić information content (AvgIpc) is 2.95. The van der Waals surface area contributed by atoms with Gasteiger partial charge in [0.2, 0.25) is 16.9 Å². The Bertz CT molecular complexity index is 907. The van der Waals surface area contributed by atoms with Crippen molar-refractivity contribution in [1.82, 2.24) is 0 Å². The second kappa shape index (κ2) is 7.00. The first-order valence-corrected chi connectivity index (χ1v) is 10.7. The lowest BCUT2D eigenvalue weighted by Gasteiger charge is -2.15. The molecule has 0 atom stereocenters. The summed E-state index contributed by atoms with van der Waals surface area (Å²) in [5.74, 6) is 1.01. The van der Waals surface area contributed by atoms with Crippen LogP contribution in [-0.4, -0.2) is 0 Å². The van der Waals surface area contributed by atoms with E-state index in [1.54, 1.807) is 0 Å². The van der Waals surface area contributed by atoms with E-state index in [9.17, 15) is 0 Å². The number of thiazole rings is 1. The van der Waals surface area contributed by atoms with Crippen molar-refractivity contribution >= 4 is 11.3 Å². The van der Waals surface area contributed by atoms with E-state index < -0.39 is 0 Å². The predicted octanol–water partition coefficient (Wildman–Crippen LogP) is 6.43. The summed E-state index contributed by atoms with van der Waals surface area (Å²) < 4.78 is 2.51. The molecule has 0 amide bonds. The molecule has 134 valence electrons. The number of para-hydroxylation sites is 1. The van der Waals surface area contributed by atoms with Crippen molar-refractivity contribution in [1.29, 1.82) is 0 Å². The van der Waals surface area contributed by atoms with Crippen molar-refractivity contribution in [3.63, 3.8) is 0 Å². The molecule has 2 aromatic carbocycles. The third kappa shape index (κ3) is 2.91. The highest BCUT2D eigenvalue weighted by Gasteiger charge is 2.31. The van der Waals surface area contributed by atoms with Gasteiger partial charge in [0.05, 0.1) is 10.4 Å². The number of fused-ring (bicyclic) bond motifs is 3. The molecule has 0 aliphatic heterocycles. The van der Waals surface area contributed by atoms with Gasteiger partial charge >= 0.3 is 0 Å². The zero-order valence-corrected chi connectivity index (χ0v) is 17.1. The van der Waals surface area contributed by atoms with Crippen LogP contribution in [0.2, 0.25) is 0 Å².